The number of amides is 1. The number of carbonyl (C=O) groups excluding carboxylic acids is 1. The van der Waals surface area contributed by atoms with E-state index in [9.17, 15) is 9.59 Å². The first kappa shape index (κ1) is 9.17. The number of aromatic nitrogens is 2. The number of nitrogens with zero attached hydrogens (tertiary/aromatic N) is 2. The normalized spacial score (nSPS) is 9.54. The molecule has 7 heteroatoms. The van der Waals surface area contributed by atoms with E-state index in [0.29, 0.717) is 5.82 Å². The average Bonchev–Trinajstić information content (AvgIpc) is 2.51. The summed E-state index contributed by atoms with van der Waals surface area (Å²) in [5, 5.41) is 14.0. The summed E-state index contributed by atoms with van der Waals surface area (Å²) in [6.45, 7) is 0.0720. The predicted octanol–water partition coefficient (Wildman–Crippen LogP) is -0.840. The maximum atomic E-state index is 10.8. The SMILES string of the molecule is O=C(O)CC(=O)NCc1ncon1. The summed E-state index contributed by atoms with van der Waals surface area (Å²) in [5.41, 5.74) is 0. The Bertz CT molecular complexity index is 295. The second kappa shape index (κ2) is 4.19. The fourth-order valence-electron chi connectivity index (χ4n) is 0.648. The molecule has 0 fully saturated rings. The molecule has 0 unspecified atom stereocenters. The summed E-state index contributed by atoms with van der Waals surface area (Å²) in [5.74, 6) is -1.46. The summed E-state index contributed by atoms with van der Waals surface area (Å²) in [4.78, 5) is 24.5. The smallest absolute Gasteiger partial charge is 0.312 e. The fourth-order valence-corrected chi connectivity index (χ4v) is 0.648. The lowest BCUT2D eigenvalue weighted by Crippen LogP contribution is -2.25. The van der Waals surface area contributed by atoms with Crippen molar-refractivity contribution in [1.29, 1.82) is 0 Å². The zero-order chi connectivity index (χ0) is 9.68. The van der Waals surface area contributed by atoms with Crippen LogP contribution in [0.1, 0.15) is 12.2 Å². The van der Waals surface area contributed by atoms with E-state index in [1.807, 2.05) is 0 Å². The summed E-state index contributed by atoms with van der Waals surface area (Å²) >= 11 is 0. The maximum Gasteiger partial charge on any atom is 0.312 e. The van der Waals surface area contributed by atoms with Crippen LogP contribution in [0.5, 0.6) is 0 Å². The van der Waals surface area contributed by atoms with Crippen molar-refractivity contribution < 1.29 is 19.2 Å². The second-order valence-electron chi connectivity index (χ2n) is 2.19. The molecule has 0 saturated heterocycles. The molecule has 0 radical (unpaired) electrons. The summed E-state index contributed by atoms with van der Waals surface area (Å²) in [6.07, 6.45) is 0.566. The van der Waals surface area contributed by atoms with Crippen LogP contribution in [0.25, 0.3) is 0 Å². The van der Waals surface area contributed by atoms with Crippen molar-refractivity contribution in [2.75, 3.05) is 0 Å². The summed E-state index contributed by atoms with van der Waals surface area (Å²) in [6, 6.07) is 0. The zero-order valence-corrected chi connectivity index (χ0v) is 6.56. The van der Waals surface area contributed by atoms with Gasteiger partial charge in [-0.05, 0) is 0 Å². The molecule has 7 nitrogen and oxygen atoms in total. The summed E-state index contributed by atoms with van der Waals surface area (Å²) < 4.78 is 4.40. The second-order valence-corrected chi connectivity index (χ2v) is 2.19. The fraction of sp³-hybridized carbons (Fsp3) is 0.333. The van der Waals surface area contributed by atoms with Gasteiger partial charge in [-0.2, -0.15) is 4.98 Å². The molecule has 0 aliphatic heterocycles. The highest BCUT2D eigenvalue weighted by molar-refractivity contribution is 5.93. The van der Waals surface area contributed by atoms with E-state index in [1.54, 1.807) is 0 Å². The van der Waals surface area contributed by atoms with Crippen molar-refractivity contribution in [2.24, 2.45) is 0 Å². The highest BCUT2D eigenvalue weighted by Gasteiger charge is 2.07. The molecule has 1 aromatic heterocycles. The van der Waals surface area contributed by atoms with Crippen molar-refractivity contribution >= 4 is 11.9 Å². The molecule has 13 heavy (non-hydrogen) atoms. The average molecular weight is 185 g/mol. The number of carboxylic acid groups (broad SMARTS) is 1. The Kier molecular flexibility index (Phi) is 2.96. The van der Waals surface area contributed by atoms with Crippen molar-refractivity contribution in [3.63, 3.8) is 0 Å². The van der Waals surface area contributed by atoms with Gasteiger partial charge in [0.1, 0.15) is 6.42 Å². The molecule has 2 N–H and O–H groups in total. The van der Waals surface area contributed by atoms with Gasteiger partial charge < -0.3 is 14.9 Å². The van der Waals surface area contributed by atoms with Crippen LogP contribution >= 0.6 is 0 Å². The molecule has 0 aliphatic carbocycles. The van der Waals surface area contributed by atoms with Gasteiger partial charge in [-0.1, -0.05) is 5.16 Å². The standard InChI is InChI=1S/C6H7N3O4/c10-5(1-6(11)12)7-2-4-8-3-13-9-4/h3H,1-2H2,(H,7,10)(H,11,12). The van der Waals surface area contributed by atoms with E-state index >= 15 is 0 Å². The first-order valence-electron chi connectivity index (χ1n) is 3.42. The van der Waals surface area contributed by atoms with E-state index in [1.165, 1.54) is 0 Å². The van der Waals surface area contributed by atoms with Gasteiger partial charge in [-0.25, -0.2) is 0 Å². The van der Waals surface area contributed by atoms with Gasteiger partial charge in [0.25, 0.3) is 0 Å². The van der Waals surface area contributed by atoms with Gasteiger partial charge in [0.2, 0.25) is 12.3 Å². The van der Waals surface area contributed by atoms with Gasteiger partial charge in [-0.3, -0.25) is 9.59 Å². The molecule has 0 spiro atoms. The van der Waals surface area contributed by atoms with Crippen LogP contribution in [0.3, 0.4) is 0 Å². The quantitative estimate of drug-likeness (QED) is 0.592. The Morgan fingerprint density at radius 1 is 1.62 bits per heavy atom. The van der Waals surface area contributed by atoms with E-state index in [-0.39, 0.29) is 6.54 Å². The number of carboxylic acids is 1. The van der Waals surface area contributed by atoms with Crippen LogP contribution in [0.15, 0.2) is 10.9 Å². The molecule has 0 aromatic carbocycles. The van der Waals surface area contributed by atoms with Crippen LogP contribution in [-0.4, -0.2) is 27.1 Å². The van der Waals surface area contributed by atoms with Crippen molar-refractivity contribution in [1.82, 2.24) is 15.5 Å². The first-order chi connectivity index (χ1) is 6.18. The molecule has 0 aliphatic rings. The van der Waals surface area contributed by atoms with Crippen LogP contribution in [0.2, 0.25) is 0 Å². The van der Waals surface area contributed by atoms with E-state index in [4.69, 9.17) is 5.11 Å². The minimum atomic E-state index is -1.18. The molecule has 70 valence electrons. The van der Waals surface area contributed by atoms with Crippen molar-refractivity contribution in [3.8, 4) is 0 Å². The number of rotatable bonds is 4. The number of carbonyl (C=O) groups is 2. The molecule has 1 rings (SSSR count). The Hall–Kier alpha value is -1.92. The molecular weight excluding hydrogens is 178 g/mol. The lowest BCUT2D eigenvalue weighted by Gasteiger charge is -1.97. The molecule has 0 saturated carbocycles. The third-order valence-electron chi connectivity index (χ3n) is 1.16. The van der Waals surface area contributed by atoms with Crippen molar-refractivity contribution in [3.05, 3.63) is 12.2 Å². The highest BCUT2D eigenvalue weighted by Crippen LogP contribution is 1.87. The van der Waals surface area contributed by atoms with Gasteiger partial charge in [0.15, 0.2) is 5.82 Å². The van der Waals surface area contributed by atoms with Gasteiger partial charge in [-0.15, -0.1) is 0 Å². The third kappa shape index (κ3) is 3.32. The Morgan fingerprint density at radius 3 is 2.92 bits per heavy atom. The van der Waals surface area contributed by atoms with Crippen LogP contribution in [-0.2, 0) is 16.1 Å². The molecule has 1 amide bonds. The predicted molar refractivity (Wildman–Crippen MR) is 38.4 cm³/mol. The Morgan fingerprint density at radius 2 is 2.38 bits per heavy atom. The zero-order valence-electron chi connectivity index (χ0n) is 6.56. The van der Waals surface area contributed by atoms with Gasteiger partial charge >= 0.3 is 5.97 Å². The highest BCUT2D eigenvalue weighted by atomic mass is 16.5. The topological polar surface area (TPSA) is 105 Å². The molecular formula is C6H7N3O4. The van der Waals surface area contributed by atoms with Gasteiger partial charge in [0, 0.05) is 0 Å². The van der Waals surface area contributed by atoms with Crippen LogP contribution in [0, 0.1) is 0 Å². The third-order valence-corrected chi connectivity index (χ3v) is 1.16. The number of nitrogens with one attached hydrogen (secondary N) is 1. The molecule has 0 atom stereocenters. The number of hydrogen-bond acceptors (Lipinski definition) is 5. The monoisotopic (exact) mass is 185 g/mol. The number of hydrogen-bond donors (Lipinski definition) is 2. The van der Waals surface area contributed by atoms with Gasteiger partial charge in [0.05, 0.1) is 6.54 Å². The van der Waals surface area contributed by atoms with E-state index in [2.05, 4.69) is 20.0 Å². The summed E-state index contributed by atoms with van der Waals surface area (Å²) in [7, 11) is 0. The van der Waals surface area contributed by atoms with Crippen LogP contribution in [0.4, 0.5) is 0 Å². The molecule has 0 bridgehead atoms. The lowest BCUT2D eigenvalue weighted by atomic mass is 10.4. The van der Waals surface area contributed by atoms with E-state index in [0.717, 1.165) is 6.39 Å². The largest absolute Gasteiger partial charge is 0.481 e. The maximum absolute atomic E-state index is 10.8. The van der Waals surface area contributed by atoms with E-state index < -0.39 is 18.3 Å². The first-order valence-corrected chi connectivity index (χ1v) is 3.42. The van der Waals surface area contributed by atoms with Crippen LogP contribution < -0.4 is 5.32 Å². The number of aliphatic carboxylic acids is 1. The lowest BCUT2D eigenvalue weighted by molar-refractivity contribution is -0.140. The van der Waals surface area contributed by atoms with Crippen molar-refractivity contribution in [2.45, 2.75) is 13.0 Å². The minimum absolute atomic E-state index is 0.0720. The molecule has 1 aromatic rings. The Balaban J connectivity index is 2.27. The Labute approximate surface area is 72.7 Å². The minimum Gasteiger partial charge on any atom is -0.481 e. The molecule has 1 heterocycles.